The molecule has 0 spiro atoms. The van der Waals surface area contributed by atoms with Gasteiger partial charge in [-0.3, -0.25) is 0 Å². The van der Waals surface area contributed by atoms with E-state index in [-0.39, 0.29) is 6.10 Å². The molecule has 1 heteroatoms. The van der Waals surface area contributed by atoms with Gasteiger partial charge in [0.25, 0.3) is 0 Å². The summed E-state index contributed by atoms with van der Waals surface area (Å²) in [7, 11) is 0. The predicted octanol–water partition coefficient (Wildman–Crippen LogP) is 3.51. The van der Waals surface area contributed by atoms with Gasteiger partial charge in [-0.2, -0.15) is 0 Å². The van der Waals surface area contributed by atoms with Crippen LogP contribution in [0, 0.1) is 0 Å². The van der Waals surface area contributed by atoms with Gasteiger partial charge in [0, 0.05) is 0 Å². The van der Waals surface area contributed by atoms with Crippen LogP contribution in [0.2, 0.25) is 0 Å². The third-order valence-corrected chi connectivity index (χ3v) is 2.26. The van der Waals surface area contributed by atoms with Crippen molar-refractivity contribution in [3.8, 4) is 0 Å². The first-order valence-corrected chi connectivity index (χ1v) is 5.49. The fourth-order valence-electron chi connectivity index (χ4n) is 1.46. The van der Waals surface area contributed by atoms with Crippen molar-refractivity contribution < 1.29 is 5.11 Å². The molecule has 12 heavy (non-hydrogen) atoms. The monoisotopic (exact) mass is 172 g/mol. The number of hydrogen-bond donors (Lipinski definition) is 1. The second-order valence-electron chi connectivity index (χ2n) is 3.65. The largest absolute Gasteiger partial charge is 0.393 e. The van der Waals surface area contributed by atoms with Crippen molar-refractivity contribution in [2.75, 3.05) is 0 Å². The minimum Gasteiger partial charge on any atom is -0.393 e. The maximum Gasteiger partial charge on any atom is 0.0540 e. The second-order valence-corrected chi connectivity index (χ2v) is 3.65. The molecule has 0 saturated carbocycles. The Morgan fingerprint density at radius 1 is 0.833 bits per heavy atom. The van der Waals surface area contributed by atoms with Gasteiger partial charge in [-0.15, -0.1) is 0 Å². The number of aliphatic hydroxyl groups excluding tert-OH is 1. The molecule has 0 aliphatic carbocycles. The molecule has 0 radical (unpaired) electrons. The molecule has 0 bridgehead atoms. The van der Waals surface area contributed by atoms with E-state index in [0.717, 1.165) is 19.3 Å². The van der Waals surface area contributed by atoms with Crippen LogP contribution in [0.5, 0.6) is 0 Å². The first-order valence-electron chi connectivity index (χ1n) is 5.49. The van der Waals surface area contributed by atoms with Crippen molar-refractivity contribution in [2.45, 2.75) is 71.3 Å². The van der Waals surface area contributed by atoms with Crippen molar-refractivity contribution >= 4 is 0 Å². The summed E-state index contributed by atoms with van der Waals surface area (Å²) in [6.07, 6.45) is 9.57. The molecule has 0 heterocycles. The number of aliphatic hydroxyl groups is 1. The molecule has 0 aliphatic rings. The predicted molar refractivity (Wildman–Crippen MR) is 54.3 cm³/mol. The standard InChI is InChI=1S/C11H24O/c1-3-5-6-7-8-10-11(12)9-4-2/h11-12H,3-10H2,1-2H3/t11-/m0/s1. The lowest BCUT2D eigenvalue weighted by Crippen LogP contribution is -2.04. The number of unbranched alkanes of at least 4 members (excludes halogenated alkanes) is 4. The van der Waals surface area contributed by atoms with E-state index < -0.39 is 0 Å². The van der Waals surface area contributed by atoms with E-state index >= 15 is 0 Å². The highest BCUT2D eigenvalue weighted by atomic mass is 16.3. The van der Waals surface area contributed by atoms with Crippen LogP contribution in [0.1, 0.15) is 65.2 Å². The molecule has 0 amide bonds. The summed E-state index contributed by atoms with van der Waals surface area (Å²) >= 11 is 0. The Labute approximate surface area is 77.2 Å². The van der Waals surface area contributed by atoms with Gasteiger partial charge >= 0.3 is 0 Å². The minimum absolute atomic E-state index is 0.0309. The highest BCUT2D eigenvalue weighted by Crippen LogP contribution is 2.09. The maximum absolute atomic E-state index is 9.41. The first-order chi connectivity index (χ1) is 5.81. The fourth-order valence-corrected chi connectivity index (χ4v) is 1.46. The zero-order valence-corrected chi connectivity index (χ0v) is 8.68. The molecule has 1 atom stereocenters. The first kappa shape index (κ1) is 12.0. The van der Waals surface area contributed by atoms with Gasteiger partial charge in [0.15, 0.2) is 0 Å². The summed E-state index contributed by atoms with van der Waals surface area (Å²) in [4.78, 5) is 0. The zero-order chi connectivity index (χ0) is 9.23. The van der Waals surface area contributed by atoms with E-state index in [1.54, 1.807) is 0 Å². The lowest BCUT2D eigenvalue weighted by molar-refractivity contribution is 0.150. The van der Waals surface area contributed by atoms with Crippen LogP contribution in [-0.2, 0) is 0 Å². The van der Waals surface area contributed by atoms with E-state index in [4.69, 9.17) is 0 Å². The summed E-state index contributed by atoms with van der Waals surface area (Å²) < 4.78 is 0. The van der Waals surface area contributed by atoms with E-state index in [9.17, 15) is 5.11 Å². The van der Waals surface area contributed by atoms with Gasteiger partial charge in [-0.1, -0.05) is 52.4 Å². The van der Waals surface area contributed by atoms with Gasteiger partial charge in [-0.25, -0.2) is 0 Å². The molecule has 0 aromatic rings. The smallest absolute Gasteiger partial charge is 0.0540 e. The van der Waals surface area contributed by atoms with Crippen LogP contribution in [0.25, 0.3) is 0 Å². The number of rotatable bonds is 8. The molecule has 1 nitrogen and oxygen atoms in total. The Morgan fingerprint density at radius 2 is 1.50 bits per heavy atom. The molecule has 0 unspecified atom stereocenters. The molecule has 0 fully saturated rings. The third kappa shape index (κ3) is 8.06. The van der Waals surface area contributed by atoms with E-state index in [1.807, 2.05) is 0 Å². The Kier molecular flexibility index (Phi) is 9.02. The summed E-state index contributed by atoms with van der Waals surface area (Å²) in [6, 6.07) is 0. The third-order valence-electron chi connectivity index (χ3n) is 2.26. The summed E-state index contributed by atoms with van der Waals surface area (Å²) in [5.74, 6) is 0. The molecule has 0 aliphatic heterocycles. The number of hydrogen-bond acceptors (Lipinski definition) is 1. The van der Waals surface area contributed by atoms with E-state index in [1.165, 1.54) is 32.1 Å². The fraction of sp³-hybridized carbons (Fsp3) is 1.00. The van der Waals surface area contributed by atoms with E-state index in [0.29, 0.717) is 0 Å². The van der Waals surface area contributed by atoms with Crippen LogP contribution in [0.3, 0.4) is 0 Å². The van der Waals surface area contributed by atoms with Crippen LogP contribution in [0.15, 0.2) is 0 Å². The lowest BCUT2D eigenvalue weighted by atomic mass is 10.1. The normalized spacial score (nSPS) is 13.2. The zero-order valence-electron chi connectivity index (χ0n) is 8.68. The summed E-state index contributed by atoms with van der Waals surface area (Å²) in [5.41, 5.74) is 0. The molecule has 0 aromatic heterocycles. The van der Waals surface area contributed by atoms with Crippen LogP contribution in [0.4, 0.5) is 0 Å². The Hall–Kier alpha value is -0.0400. The molecular formula is C11H24O. The van der Waals surface area contributed by atoms with Crippen molar-refractivity contribution in [1.82, 2.24) is 0 Å². The molecular weight excluding hydrogens is 148 g/mol. The highest BCUT2D eigenvalue weighted by molar-refractivity contribution is 4.54. The molecule has 74 valence electrons. The van der Waals surface area contributed by atoms with Gasteiger partial charge < -0.3 is 5.11 Å². The average Bonchev–Trinajstić information content (AvgIpc) is 2.05. The van der Waals surface area contributed by atoms with Crippen molar-refractivity contribution in [3.05, 3.63) is 0 Å². The molecule has 0 aromatic carbocycles. The van der Waals surface area contributed by atoms with E-state index in [2.05, 4.69) is 13.8 Å². The average molecular weight is 172 g/mol. The topological polar surface area (TPSA) is 20.2 Å². The van der Waals surface area contributed by atoms with Crippen LogP contribution >= 0.6 is 0 Å². The van der Waals surface area contributed by atoms with Crippen molar-refractivity contribution in [2.24, 2.45) is 0 Å². The minimum atomic E-state index is -0.0309. The van der Waals surface area contributed by atoms with Crippen molar-refractivity contribution in [1.29, 1.82) is 0 Å². The highest BCUT2D eigenvalue weighted by Gasteiger charge is 2.00. The second kappa shape index (κ2) is 9.05. The lowest BCUT2D eigenvalue weighted by Gasteiger charge is -2.07. The Bertz CT molecular complexity index is 81.1. The maximum atomic E-state index is 9.41. The molecule has 0 rings (SSSR count). The van der Waals surface area contributed by atoms with Gasteiger partial charge in [0.05, 0.1) is 6.10 Å². The summed E-state index contributed by atoms with van der Waals surface area (Å²) in [5, 5.41) is 9.41. The SMILES string of the molecule is CCCCCCC[C@@H](O)CCC. The van der Waals surface area contributed by atoms with Crippen molar-refractivity contribution in [3.63, 3.8) is 0 Å². The molecule has 1 N–H and O–H groups in total. The molecule has 0 saturated heterocycles. The Morgan fingerprint density at radius 3 is 2.08 bits per heavy atom. The van der Waals surface area contributed by atoms with Gasteiger partial charge in [0.1, 0.15) is 0 Å². The van der Waals surface area contributed by atoms with Gasteiger partial charge in [-0.05, 0) is 12.8 Å². The van der Waals surface area contributed by atoms with Gasteiger partial charge in [0.2, 0.25) is 0 Å². The van der Waals surface area contributed by atoms with Crippen LogP contribution in [-0.4, -0.2) is 11.2 Å². The quantitative estimate of drug-likeness (QED) is 0.555. The van der Waals surface area contributed by atoms with Crippen LogP contribution < -0.4 is 0 Å². The summed E-state index contributed by atoms with van der Waals surface area (Å²) in [6.45, 7) is 4.35. The Balaban J connectivity index is 2.97.